The first kappa shape index (κ1) is 20.3. The molecule has 0 spiro atoms. The van der Waals surface area contributed by atoms with E-state index in [0.717, 1.165) is 12.8 Å². The van der Waals surface area contributed by atoms with Gasteiger partial charge in [-0.15, -0.1) is 0 Å². The Morgan fingerprint density at radius 1 is 1.12 bits per heavy atom. The van der Waals surface area contributed by atoms with E-state index in [1.807, 2.05) is 0 Å². The maximum absolute atomic E-state index is 10.3. The normalized spacial score (nSPS) is 44.8. The lowest BCUT2D eigenvalue weighted by Crippen LogP contribution is -2.59. The summed E-state index contributed by atoms with van der Waals surface area (Å²) in [6.45, 7) is 10.5. The molecule has 0 radical (unpaired) electrons. The molecule has 3 N–H and O–H groups in total. The summed E-state index contributed by atoms with van der Waals surface area (Å²) in [7, 11) is 0. The Balaban J connectivity index is 1.72. The molecule has 0 amide bonds. The summed E-state index contributed by atoms with van der Waals surface area (Å²) in [4.78, 5) is 0. The Morgan fingerprint density at radius 3 is 2.50 bits per heavy atom. The predicted octanol–water partition coefficient (Wildman–Crippen LogP) is 2.92. The van der Waals surface area contributed by atoms with Gasteiger partial charge in [-0.2, -0.15) is 0 Å². The number of aliphatic hydroxyl groups is 3. The number of allylic oxidation sites excluding steroid dienone is 2. The third kappa shape index (κ3) is 3.61. The number of hydrogen-bond donors (Lipinski definition) is 3. The zero-order chi connectivity index (χ0) is 19.3. The van der Waals surface area contributed by atoms with Crippen molar-refractivity contribution in [3.05, 3.63) is 11.1 Å². The Kier molecular flexibility index (Phi) is 5.59. The zero-order valence-corrected chi connectivity index (χ0v) is 16.9. The SMILES string of the molecule is CC1=C2C[C@H](C(C)(C)O[C@@H]3O[C@@H](C)[C@H](O)[C@@H](O)[C@H]3O)CC[C@@]2(C)CCC1. The van der Waals surface area contributed by atoms with Crippen LogP contribution in [0.2, 0.25) is 0 Å². The van der Waals surface area contributed by atoms with Crippen LogP contribution in [-0.4, -0.2) is 51.6 Å². The van der Waals surface area contributed by atoms with Crippen molar-refractivity contribution in [2.45, 2.75) is 109 Å². The van der Waals surface area contributed by atoms with Crippen LogP contribution in [0, 0.1) is 11.3 Å². The first-order chi connectivity index (χ1) is 12.0. The molecule has 0 bridgehead atoms. The Hall–Kier alpha value is -0.460. The average Bonchev–Trinajstić information content (AvgIpc) is 2.57. The maximum atomic E-state index is 10.3. The van der Waals surface area contributed by atoms with Crippen molar-refractivity contribution in [3.63, 3.8) is 0 Å². The van der Waals surface area contributed by atoms with Crippen molar-refractivity contribution in [2.24, 2.45) is 11.3 Å². The quantitative estimate of drug-likeness (QED) is 0.668. The zero-order valence-electron chi connectivity index (χ0n) is 16.9. The Bertz CT molecular complexity index is 557. The molecule has 2 fully saturated rings. The van der Waals surface area contributed by atoms with Crippen LogP contribution < -0.4 is 0 Å². The van der Waals surface area contributed by atoms with Crippen LogP contribution in [0.3, 0.4) is 0 Å². The first-order valence-corrected chi connectivity index (χ1v) is 10.1. The van der Waals surface area contributed by atoms with Gasteiger partial charge in [0.05, 0.1) is 11.7 Å². The maximum Gasteiger partial charge on any atom is 0.187 e. The summed E-state index contributed by atoms with van der Waals surface area (Å²) in [5.41, 5.74) is 3.00. The number of hydrogen-bond acceptors (Lipinski definition) is 5. The van der Waals surface area contributed by atoms with E-state index in [-0.39, 0.29) is 0 Å². The molecule has 5 nitrogen and oxygen atoms in total. The van der Waals surface area contributed by atoms with Crippen LogP contribution in [0.1, 0.15) is 73.1 Å². The van der Waals surface area contributed by atoms with E-state index in [9.17, 15) is 15.3 Å². The standard InChI is InChI=1S/C21H36O5/c1-12-7-6-9-21(5)10-8-14(11-15(12)21)20(3,4)26-19-18(24)17(23)16(22)13(2)25-19/h13-14,16-19,22-24H,6-11H2,1-5H3/t13-,14+,16-,17+,18+,19-,21+/m0/s1. The van der Waals surface area contributed by atoms with E-state index in [1.54, 1.807) is 18.1 Å². The highest BCUT2D eigenvalue weighted by Crippen LogP contribution is 2.53. The van der Waals surface area contributed by atoms with Crippen LogP contribution in [0.4, 0.5) is 0 Å². The highest BCUT2D eigenvalue weighted by Gasteiger charge is 2.48. The molecule has 26 heavy (non-hydrogen) atoms. The average molecular weight is 369 g/mol. The number of rotatable bonds is 3. The largest absolute Gasteiger partial charge is 0.388 e. The van der Waals surface area contributed by atoms with Gasteiger partial charge in [-0.25, -0.2) is 0 Å². The molecule has 2 aliphatic carbocycles. The third-order valence-corrected chi connectivity index (χ3v) is 7.23. The lowest BCUT2D eigenvalue weighted by molar-refractivity contribution is -0.323. The second-order valence-corrected chi connectivity index (χ2v) is 9.52. The van der Waals surface area contributed by atoms with E-state index >= 15 is 0 Å². The first-order valence-electron chi connectivity index (χ1n) is 10.1. The van der Waals surface area contributed by atoms with Crippen molar-refractivity contribution in [1.82, 2.24) is 0 Å². The van der Waals surface area contributed by atoms with Gasteiger partial charge < -0.3 is 24.8 Å². The molecule has 1 heterocycles. The smallest absolute Gasteiger partial charge is 0.187 e. The number of ether oxygens (including phenoxy) is 2. The number of aliphatic hydroxyl groups excluding tert-OH is 3. The molecule has 5 heteroatoms. The van der Waals surface area contributed by atoms with Gasteiger partial charge in [-0.3, -0.25) is 0 Å². The summed E-state index contributed by atoms with van der Waals surface area (Å²) < 4.78 is 11.9. The van der Waals surface area contributed by atoms with E-state index in [0.29, 0.717) is 11.3 Å². The van der Waals surface area contributed by atoms with Crippen LogP contribution in [0.15, 0.2) is 11.1 Å². The predicted molar refractivity (Wildman–Crippen MR) is 99.5 cm³/mol. The fourth-order valence-corrected chi connectivity index (χ4v) is 5.20. The minimum absolute atomic E-state index is 0.338. The minimum atomic E-state index is -1.25. The molecule has 150 valence electrons. The molecule has 1 saturated carbocycles. The molecule has 0 aromatic rings. The van der Waals surface area contributed by atoms with Gasteiger partial charge in [0.1, 0.15) is 18.3 Å². The van der Waals surface area contributed by atoms with Crippen LogP contribution in [0.25, 0.3) is 0 Å². The number of fused-ring (bicyclic) bond motifs is 1. The van der Waals surface area contributed by atoms with Crippen molar-refractivity contribution >= 4 is 0 Å². The topological polar surface area (TPSA) is 79.2 Å². The van der Waals surface area contributed by atoms with Gasteiger partial charge in [0, 0.05) is 0 Å². The summed E-state index contributed by atoms with van der Waals surface area (Å²) in [5, 5.41) is 30.2. The molecular weight excluding hydrogens is 332 g/mol. The van der Waals surface area contributed by atoms with Crippen molar-refractivity contribution in [2.75, 3.05) is 0 Å². The van der Waals surface area contributed by atoms with Crippen molar-refractivity contribution in [1.29, 1.82) is 0 Å². The van der Waals surface area contributed by atoms with E-state index in [1.165, 1.54) is 25.7 Å². The fourth-order valence-electron chi connectivity index (χ4n) is 5.20. The van der Waals surface area contributed by atoms with Crippen molar-refractivity contribution < 1.29 is 24.8 Å². The second kappa shape index (κ2) is 7.17. The van der Waals surface area contributed by atoms with Gasteiger partial charge in [0.15, 0.2) is 6.29 Å². The van der Waals surface area contributed by atoms with Gasteiger partial charge in [0.2, 0.25) is 0 Å². The summed E-state index contributed by atoms with van der Waals surface area (Å²) >= 11 is 0. The summed E-state index contributed by atoms with van der Waals surface area (Å²) in [5.74, 6) is 0.341. The fraction of sp³-hybridized carbons (Fsp3) is 0.905. The van der Waals surface area contributed by atoms with Crippen molar-refractivity contribution in [3.8, 4) is 0 Å². The van der Waals surface area contributed by atoms with E-state index < -0.39 is 36.3 Å². The Morgan fingerprint density at radius 2 is 1.81 bits per heavy atom. The second-order valence-electron chi connectivity index (χ2n) is 9.52. The van der Waals surface area contributed by atoms with Crippen LogP contribution >= 0.6 is 0 Å². The monoisotopic (exact) mass is 368 g/mol. The molecule has 0 aromatic heterocycles. The summed E-state index contributed by atoms with van der Waals surface area (Å²) in [6.07, 6.45) is 1.95. The summed E-state index contributed by atoms with van der Waals surface area (Å²) in [6, 6.07) is 0. The molecule has 7 atom stereocenters. The molecule has 3 aliphatic rings. The van der Waals surface area contributed by atoms with Gasteiger partial charge in [-0.05, 0) is 77.6 Å². The lowest BCUT2D eigenvalue weighted by Gasteiger charge is -2.49. The highest BCUT2D eigenvalue weighted by atomic mass is 16.7. The molecule has 0 aromatic carbocycles. The van der Waals surface area contributed by atoms with Gasteiger partial charge in [-0.1, -0.05) is 18.1 Å². The molecule has 0 unspecified atom stereocenters. The minimum Gasteiger partial charge on any atom is -0.388 e. The molecule has 3 rings (SSSR count). The third-order valence-electron chi connectivity index (χ3n) is 7.23. The lowest BCUT2D eigenvalue weighted by atomic mass is 9.59. The van der Waals surface area contributed by atoms with E-state index in [2.05, 4.69) is 27.7 Å². The van der Waals surface area contributed by atoms with E-state index in [4.69, 9.17) is 9.47 Å². The molecule has 1 saturated heterocycles. The van der Waals surface area contributed by atoms with Crippen LogP contribution in [0.5, 0.6) is 0 Å². The molecular formula is C21H36O5. The van der Waals surface area contributed by atoms with Gasteiger partial charge >= 0.3 is 0 Å². The highest BCUT2D eigenvalue weighted by molar-refractivity contribution is 5.26. The molecule has 1 aliphatic heterocycles. The Labute approximate surface area is 157 Å². The van der Waals surface area contributed by atoms with Gasteiger partial charge in [0.25, 0.3) is 0 Å². The van der Waals surface area contributed by atoms with Crippen LogP contribution in [-0.2, 0) is 9.47 Å².